The molecule has 0 aromatic carbocycles. The van der Waals surface area contributed by atoms with Crippen LogP contribution in [0, 0.1) is 0 Å². The van der Waals surface area contributed by atoms with E-state index in [1.54, 1.807) is 10.7 Å². The number of nitrogens with zero attached hydrogens (tertiary/aromatic N) is 7. The Morgan fingerprint density at radius 1 is 1.18 bits per heavy atom. The van der Waals surface area contributed by atoms with Crippen LogP contribution in [0.15, 0.2) is 42.7 Å². The fourth-order valence-corrected chi connectivity index (χ4v) is 5.48. The molecule has 1 atom stereocenters. The molecule has 1 amide bonds. The second-order valence-electron chi connectivity index (χ2n) is 10.7. The normalized spacial score (nSPS) is 21.5. The summed E-state index contributed by atoms with van der Waals surface area (Å²) in [7, 11) is 0. The van der Waals surface area contributed by atoms with Crippen LogP contribution >= 0.6 is 0 Å². The highest BCUT2D eigenvalue weighted by atomic mass is 16.5. The third-order valence-electron chi connectivity index (χ3n) is 7.95. The Balaban J connectivity index is 1.12. The lowest BCUT2D eigenvalue weighted by Crippen LogP contribution is -2.51. The minimum Gasteiger partial charge on any atom is -0.378 e. The molecule has 4 aromatic heterocycles. The number of carbonyl (C=O) groups excluding carboxylic acids is 1. The van der Waals surface area contributed by atoms with Gasteiger partial charge in [-0.1, -0.05) is 0 Å². The lowest BCUT2D eigenvalue weighted by Gasteiger charge is -2.34. The number of anilines is 5. The number of hydrogen-bond acceptors (Lipinski definition) is 9. The topological polar surface area (TPSA) is 129 Å². The van der Waals surface area contributed by atoms with Gasteiger partial charge in [0.05, 0.1) is 25.1 Å². The number of pyridine rings is 1. The molecule has 0 radical (unpaired) electrons. The highest BCUT2D eigenvalue weighted by Gasteiger charge is 2.45. The number of hydrogen-bond donors (Lipinski definition) is 3. The number of aromatic amines is 1. The van der Waals surface area contributed by atoms with Crippen LogP contribution in [-0.2, 0) is 9.53 Å². The van der Waals surface area contributed by atoms with Gasteiger partial charge in [0.25, 0.3) is 0 Å². The zero-order chi connectivity index (χ0) is 26.4. The largest absolute Gasteiger partial charge is 0.378 e. The second kappa shape index (κ2) is 9.53. The molecule has 0 unspecified atom stereocenters. The van der Waals surface area contributed by atoms with E-state index in [1.165, 1.54) is 12.8 Å². The van der Waals surface area contributed by atoms with Crippen molar-refractivity contribution in [2.45, 2.75) is 44.1 Å². The van der Waals surface area contributed by atoms with Crippen LogP contribution in [0.3, 0.4) is 0 Å². The number of nitrogens with one attached hydrogen (secondary N) is 3. The first-order valence-electron chi connectivity index (χ1n) is 13.6. The van der Waals surface area contributed by atoms with Crippen molar-refractivity contribution in [3.05, 3.63) is 48.4 Å². The van der Waals surface area contributed by atoms with Crippen molar-refractivity contribution in [2.75, 3.05) is 53.3 Å². The Morgan fingerprint density at radius 3 is 2.85 bits per heavy atom. The molecule has 2 aliphatic heterocycles. The van der Waals surface area contributed by atoms with E-state index in [1.807, 2.05) is 48.4 Å². The number of carbonyl (C=O) groups is 1. The Bertz CT molecular complexity index is 1490. The minimum absolute atomic E-state index is 0.104. The number of amides is 1. The fraction of sp³-hybridized carbons (Fsp3) is 0.444. The predicted molar refractivity (Wildman–Crippen MR) is 148 cm³/mol. The molecule has 0 bridgehead atoms. The van der Waals surface area contributed by atoms with Crippen LogP contribution in [0.2, 0.25) is 0 Å². The number of fused-ring (bicyclic) bond motifs is 1. The molecule has 0 spiro atoms. The van der Waals surface area contributed by atoms with E-state index in [0.29, 0.717) is 49.6 Å². The summed E-state index contributed by atoms with van der Waals surface area (Å²) in [6.45, 7) is 5.67. The Hall–Kier alpha value is -4.19. The van der Waals surface area contributed by atoms with Gasteiger partial charge in [-0.05, 0) is 56.9 Å². The summed E-state index contributed by atoms with van der Waals surface area (Å²) in [6.07, 6.45) is 7.56. The average Bonchev–Trinajstić information content (AvgIpc) is 3.31. The van der Waals surface area contributed by atoms with Crippen molar-refractivity contribution < 1.29 is 9.53 Å². The van der Waals surface area contributed by atoms with Gasteiger partial charge in [-0.3, -0.25) is 9.89 Å². The van der Waals surface area contributed by atoms with Crippen LogP contribution in [-0.4, -0.2) is 74.1 Å². The maximum absolute atomic E-state index is 13.7. The van der Waals surface area contributed by atoms with E-state index in [0.717, 1.165) is 42.4 Å². The summed E-state index contributed by atoms with van der Waals surface area (Å²) in [6, 6.07) is 9.79. The van der Waals surface area contributed by atoms with Crippen molar-refractivity contribution in [2.24, 2.45) is 0 Å². The van der Waals surface area contributed by atoms with Crippen molar-refractivity contribution in [1.29, 1.82) is 0 Å². The Labute approximate surface area is 225 Å². The molecular weight excluding hydrogens is 496 g/mol. The zero-order valence-corrected chi connectivity index (χ0v) is 21.9. The lowest BCUT2D eigenvalue weighted by atomic mass is 9.97. The molecule has 12 heteroatoms. The van der Waals surface area contributed by atoms with Gasteiger partial charge in [0, 0.05) is 43.5 Å². The SMILES string of the molecule is C[C@@]1(C(=O)Nc2ccc(N3CCOCC3)nc2)CCCN1c1nc(Nc2cc(C3CC3)[nH]n2)c2cccn2n1. The number of morpholine rings is 1. The first-order valence-corrected chi connectivity index (χ1v) is 13.6. The Morgan fingerprint density at radius 2 is 2.05 bits per heavy atom. The summed E-state index contributed by atoms with van der Waals surface area (Å²) in [5.74, 6) is 3.23. The van der Waals surface area contributed by atoms with E-state index < -0.39 is 5.54 Å². The van der Waals surface area contributed by atoms with E-state index in [-0.39, 0.29) is 5.91 Å². The van der Waals surface area contributed by atoms with E-state index in [2.05, 4.69) is 30.7 Å². The molecule has 39 heavy (non-hydrogen) atoms. The smallest absolute Gasteiger partial charge is 0.250 e. The van der Waals surface area contributed by atoms with Gasteiger partial charge in [0.15, 0.2) is 11.6 Å². The fourth-order valence-electron chi connectivity index (χ4n) is 5.48. The van der Waals surface area contributed by atoms with Gasteiger partial charge in [-0.2, -0.15) is 10.1 Å². The average molecular weight is 529 g/mol. The molecule has 3 fully saturated rings. The van der Waals surface area contributed by atoms with Crippen molar-refractivity contribution in [3.8, 4) is 0 Å². The number of ether oxygens (including phenoxy) is 1. The first kappa shape index (κ1) is 23.9. The van der Waals surface area contributed by atoms with Crippen LogP contribution in [0.4, 0.5) is 29.1 Å². The summed E-state index contributed by atoms with van der Waals surface area (Å²) in [5.41, 5.74) is 1.84. The highest BCUT2D eigenvalue weighted by molar-refractivity contribution is 6.00. The predicted octanol–water partition coefficient (Wildman–Crippen LogP) is 3.30. The zero-order valence-electron chi connectivity index (χ0n) is 21.9. The van der Waals surface area contributed by atoms with Crippen molar-refractivity contribution in [1.82, 2.24) is 29.8 Å². The highest BCUT2D eigenvalue weighted by Crippen LogP contribution is 2.40. The first-order chi connectivity index (χ1) is 19.1. The van der Waals surface area contributed by atoms with E-state index in [9.17, 15) is 4.79 Å². The van der Waals surface area contributed by atoms with E-state index >= 15 is 0 Å². The number of aromatic nitrogens is 6. The molecule has 1 saturated carbocycles. The maximum Gasteiger partial charge on any atom is 0.250 e. The van der Waals surface area contributed by atoms with Crippen molar-refractivity contribution in [3.63, 3.8) is 0 Å². The molecule has 4 aromatic rings. The molecular formula is C27H32N10O2. The third kappa shape index (κ3) is 4.54. The molecule has 6 heterocycles. The van der Waals surface area contributed by atoms with Crippen LogP contribution in [0.1, 0.15) is 44.2 Å². The summed E-state index contributed by atoms with van der Waals surface area (Å²) in [5, 5.41) is 18.8. The molecule has 202 valence electrons. The third-order valence-corrected chi connectivity index (χ3v) is 7.95. The molecule has 3 aliphatic rings. The van der Waals surface area contributed by atoms with Crippen LogP contribution in [0.5, 0.6) is 0 Å². The second-order valence-corrected chi connectivity index (χ2v) is 10.7. The molecule has 2 saturated heterocycles. The van der Waals surface area contributed by atoms with Gasteiger partial charge < -0.3 is 25.2 Å². The number of rotatable bonds is 7. The number of H-pyrrole nitrogens is 1. The van der Waals surface area contributed by atoms with Gasteiger partial charge in [0.2, 0.25) is 11.9 Å². The standard InChI is InChI=1S/C27H32N10O2/c1-27(25(38)29-19-7-8-23(28-17-19)35-12-14-39-15-13-35)9-3-10-36(27)26-31-24(21-4-2-11-37(21)34-26)30-22-16-20(32-33-22)18-5-6-18/h2,4,7-8,11,16-18H,3,5-6,9-10,12-15H2,1H3,(H,29,38)(H2,30,31,32,33,34)/t27-/m0/s1. The minimum atomic E-state index is -0.813. The van der Waals surface area contributed by atoms with Crippen LogP contribution < -0.4 is 20.4 Å². The van der Waals surface area contributed by atoms with Gasteiger partial charge in [0.1, 0.15) is 16.9 Å². The molecule has 7 rings (SSSR count). The van der Waals surface area contributed by atoms with Crippen molar-refractivity contribution >= 4 is 40.5 Å². The lowest BCUT2D eigenvalue weighted by molar-refractivity contribution is -0.120. The van der Waals surface area contributed by atoms with Gasteiger partial charge in [-0.25, -0.2) is 9.50 Å². The quantitative estimate of drug-likeness (QED) is 0.331. The van der Waals surface area contributed by atoms with Gasteiger partial charge in [-0.15, -0.1) is 5.10 Å². The van der Waals surface area contributed by atoms with Crippen LogP contribution in [0.25, 0.3) is 5.52 Å². The molecule has 3 N–H and O–H groups in total. The van der Waals surface area contributed by atoms with E-state index in [4.69, 9.17) is 14.8 Å². The Kier molecular flexibility index (Phi) is 5.84. The summed E-state index contributed by atoms with van der Waals surface area (Å²) < 4.78 is 7.22. The maximum atomic E-state index is 13.7. The molecule has 12 nitrogen and oxygen atoms in total. The molecule has 1 aliphatic carbocycles. The summed E-state index contributed by atoms with van der Waals surface area (Å²) >= 11 is 0. The summed E-state index contributed by atoms with van der Waals surface area (Å²) in [4.78, 5) is 27.3. The van der Waals surface area contributed by atoms with Gasteiger partial charge >= 0.3 is 0 Å². The monoisotopic (exact) mass is 528 g/mol.